The molecule has 3 rings (SSSR count). The number of aliphatic imine (C=N–C) groups is 1. The molecule has 180 valence electrons. The van der Waals surface area contributed by atoms with Gasteiger partial charge in [-0.3, -0.25) is 4.99 Å². The van der Waals surface area contributed by atoms with Crippen LogP contribution in [-0.4, -0.2) is 20.1 Å². The van der Waals surface area contributed by atoms with E-state index in [1.165, 1.54) is 33.1 Å². The van der Waals surface area contributed by atoms with E-state index in [0.717, 1.165) is 30.7 Å². The highest BCUT2D eigenvalue weighted by Gasteiger charge is 2.35. The van der Waals surface area contributed by atoms with Crippen molar-refractivity contribution in [1.82, 2.24) is 0 Å². The zero-order valence-electron chi connectivity index (χ0n) is 21.4. The summed E-state index contributed by atoms with van der Waals surface area (Å²) in [5.41, 5.74) is 7.22. The second kappa shape index (κ2) is 12.3. The minimum absolute atomic E-state index is 0.0178. The maximum absolute atomic E-state index is 6.19. The van der Waals surface area contributed by atoms with Crippen LogP contribution in [-0.2, 0) is 9.89 Å². The number of hydrogen-bond acceptors (Lipinski definition) is 3. The van der Waals surface area contributed by atoms with E-state index < -0.39 is 0 Å². The number of rotatable bonds is 11. The van der Waals surface area contributed by atoms with E-state index in [1.54, 1.807) is 7.11 Å². The van der Waals surface area contributed by atoms with Crippen LogP contribution < -0.4 is 10.0 Å². The Kier molecular flexibility index (Phi) is 9.45. The number of aryl methyl sites for hydroxylation is 3. The van der Waals surface area contributed by atoms with E-state index in [2.05, 4.69) is 65.0 Å². The molecule has 3 aromatic carbocycles. The molecule has 0 aliphatic rings. The normalized spacial score (nSPS) is 13.6. The number of ether oxygens (including phenoxy) is 2. The van der Waals surface area contributed by atoms with E-state index in [0.29, 0.717) is 8.58 Å². The van der Waals surface area contributed by atoms with Crippen molar-refractivity contribution in [3.05, 3.63) is 88.5 Å². The minimum Gasteiger partial charge on any atom is -0.467 e. The summed E-state index contributed by atoms with van der Waals surface area (Å²) in [4.78, 5) is 4.78. The number of hydrogen-bond donors (Lipinski definition) is 0. The van der Waals surface area contributed by atoms with Crippen LogP contribution in [0.1, 0.15) is 60.9 Å². The van der Waals surface area contributed by atoms with Crippen LogP contribution in [0.25, 0.3) is 0 Å². The van der Waals surface area contributed by atoms with Crippen molar-refractivity contribution in [3.8, 4) is 5.75 Å². The molecule has 2 atom stereocenters. The van der Waals surface area contributed by atoms with E-state index in [1.807, 2.05) is 36.5 Å². The van der Waals surface area contributed by atoms with Crippen molar-refractivity contribution < 1.29 is 9.47 Å². The highest BCUT2D eigenvalue weighted by Crippen LogP contribution is 2.52. The summed E-state index contributed by atoms with van der Waals surface area (Å²) in [6.45, 7) is 11.4. The van der Waals surface area contributed by atoms with Crippen molar-refractivity contribution in [2.24, 2.45) is 4.99 Å². The second-order valence-electron chi connectivity index (χ2n) is 8.95. The van der Waals surface area contributed by atoms with Crippen molar-refractivity contribution in [2.45, 2.75) is 59.0 Å². The Morgan fingerprint density at radius 3 is 2.38 bits per heavy atom. The Morgan fingerprint density at radius 1 is 0.941 bits per heavy atom. The molecule has 0 spiro atoms. The van der Waals surface area contributed by atoms with Crippen LogP contribution in [0, 0.1) is 20.8 Å². The first-order valence-corrected chi connectivity index (χ1v) is 13.1. The number of nitrogens with zero attached hydrogens (tertiary/aromatic N) is 1. The first kappa shape index (κ1) is 26.1. The molecule has 0 aliphatic carbocycles. The monoisotopic (exact) mass is 475 g/mol. The summed E-state index contributed by atoms with van der Waals surface area (Å²) in [5, 5.41) is 1.37. The fraction of sp³-hybridized carbons (Fsp3) is 0.367. The van der Waals surface area contributed by atoms with E-state index >= 15 is 0 Å². The molecule has 0 fully saturated rings. The molecule has 0 N–H and O–H groups in total. The molecule has 0 radical (unpaired) electrons. The summed E-state index contributed by atoms with van der Waals surface area (Å²) >= 11 is 0. The maximum Gasteiger partial charge on any atom is 0.188 e. The van der Waals surface area contributed by atoms with Crippen molar-refractivity contribution in [2.75, 3.05) is 13.9 Å². The third-order valence-electron chi connectivity index (χ3n) is 6.31. The van der Waals surface area contributed by atoms with Gasteiger partial charge in [0.2, 0.25) is 0 Å². The summed E-state index contributed by atoms with van der Waals surface area (Å²) in [6.07, 6.45) is 5.27. The largest absolute Gasteiger partial charge is 0.467 e. The minimum atomic E-state index is -0.0178. The third-order valence-corrected chi connectivity index (χ3v) is 8.60. The van der Waals surface area contributed by atoms with Gasteiger partial charge in [0.15, 0.2) is 6.79 Å². The van der Waals surface area contributed by atoms with Crippen LogP contribution >= 0.6 is 8.58 Å². The predicted molar refractivity (Wildman–Crippen MR) is 148 cm³/mol. The molecule has 34 heavy (non-hydrogen) atoms. The first-order valence-electron chi connectivity index (χ1n) is 12.1. The SMILES string of the molecule is CCCC(CC)(Pc1c(C)cccc1/C=N/c1ccccc1)c1cc(C)cc(C)c1OCOC. The van der Waals surface area contributed by atoms with Gasteiger partial charge in [-0.1, -0.05) is 82.9 Å². The number of methoxy groups -OCH3 is 1. The highest BCUT2D eigenvalue weighted by atomic mass is 31.1. The number of benzene rings is 3. The van der Waals surface area contributed by atoms with Crippen molar-refractivity contribution in [3.63, 3.8) is 0 Å². The zero-order chi connectivity index (χ0) is 24.6. The predicted octanol–water partition coefficient (Wildman–Crippen LogP) is 7.75. The number of para-hydroxylation sites is 1. The Balaban J connectivity index is 2.12. The Morgan fingerprint density at radius 2 is 1.71 bits per heavy atom. The molecule has 4 heteroatoms. The van der Waals surface area contributed by atoms with E-state index in [9.17, 15) is 0 Å². The van der Waals surface area contributed by atoms with Gasteiger partial charge in [0.05, 0.1) is 5.69 Å². The fourth-order valence-electron chi connectivity index (χ4n) is 4.63. The molecule has 0 aliphatic heterocycles. The van der Waals surface area contributed by atoms with E-state index in [4.69, 9.17) is 14.5 Å². The van der Waals surface area contributed by atoms with Gasteiger partial charge in [-0.15, -0.1) is 0 Å². The zero-order valence-corrected chi connectivity index (χ0v) is 22.4. The van der Waals surface area contributed by atoms with Gasteiger partial charge in [0.25, 0.3) is 0 Å². The Bertz CT molecular complexity index is 1110. The van der Waals surface area contributed by atoms with Gasteiger partial charge in [-0.05, 0) is 62.2 Å². The van der Waals surface area contributed by atoms with Crippen LogP contribution in [0.4, 0.5) is 5.69 Å². The molecule has 3 aromatic rings. The first-order chi connectivity index (χ1) is 16.4. The summed E-state index contributed by atoms with van der Waals surface area (Å²) in [7, 11) is 2.27. The molecule has 2 unspecified atom stereocenters. The quantitative estimate of drug-likeness (QED) is 0.161. The summed E-state index contributed by atoms with van der Waals surface area (Å²) in [5.74, 6) is 0.975. The van der Waals surface area contributed by atoms with Gasteiger partial charge in [0, 0.05) is 29.6 Å². The van der Waals surface area contributed by atoms with Gasteiger partial charge in [-0.2, -0.15) is 0 Å². The van der Waals surface area contributed by atoms with Crippen LogP contribution in [0.2, 0.25) is 0 Å². The van der Waals surface area contributed by atoms with Crippen LogP contribution in [0.15, 0.2) is 65.7 Å². The lowest BCUT2D eigenvalue weighted by molar-refractivity contribution is 0.0494. The molecule has 0 bridgehead atoms. The standard InChI is InChI=1S/C30H38NO2P/c1-7-17-30(8-2,27-19-22(3)18-24(5)28(27)33-21-32-6)34-29-23(4)13-12-14-25(29)20-31-26-15-10-9-11-16-26/h9-16,18-20,34H,7-8,17,21H2,1-6H3/b31-20+. The van der Waals surface area contributed by atoms with Crippen molar-refractivity contribution >= 4 is 25.8 Å². The molecule has 0 saturated carbocycles. The van der Waals surface area contributed by atoms with Gasteiger partial charge in [0.1, 0.15) is 5.75 Å². The topological polar surface area (TPSA) is 30.8 Å². The molecule has 0 heterocycles. The van der Waals surface area contributed by atoms with Crippen LogP contribution in [0.5, 0.6) is 5.75 Å². The lowest BCUT2D eigenvalue weighted by Crippen LogP contribution is -2.26. The van der Waals surface area contributed by atoms with Gasteiger partial charge < -0.3 is 9.47 Å². The highest BCUT2D eigenvalue weighted by molar-refractivity contribution is 7.49. The molecular weight excluding hydrogens is 437 g/mol. The van der Waals surface area contributed by atoms with Gasteiger partial charge >= 0.3 is 0 Å². The molecular formula is C30H38NO2P. The third kappa shape index (κ3) is 6.14. The molecule has 0 saturated heterocycles. The van der Waals surface area contributed by atoms with E-state index in [-0.39, 0.29) is 11.9 Å². The molecule has 3 nitrogen and oxygen atoms in total. The average Bonchev–Trinajstić information content (AvgIpc) is 2.83. The smallest absolute Gasteiger partial charge is 0.188 e. The molecule has 0 aromatic heterocycles. The maximum atomic E-state index is 6.19. The van der Waals surface area contributed by atoms with Crippen LogP contribution in [0.3, 0.4) is 0 Å². The summed E-state index contributed by atoms with van der Waals surface area (Å²) in [6, 6.07) is 21.2. The Hall–Kier alpha value is -2.48. The Labute approximate surface area is 207 Å². The lowest BCUT2D eigenvalue weighted by atomic mass is 9.87. The lowest BCUT2D eigenvalue weighted by Gasteiger charge is -2.36. The second-order valence-corrected chi connectivity index (χ2v) is 10.7. The van der Waals surface area contributed by atoms with Crippen molar-refractivity contribution in [1.29, 1.82) is 0 Å². The van der Waals surface area contributed by atoms with Gasteiger partial charge in [-0.25, -0.2) is 0 Å². The summed E-state index contributed by atoms with van der Waals surface area (Å²) < 4.78 is 11.5. The molecule has 0 amide bonds. The average molecular weight is 476 g/mol. The fourth-order valence-corrected chi connectivity index (χ4v) is 6.56.